The summed E-state index contributed by atoms with van der Waals surface area (Å²) in [6, 6.07) is 0. The van der Waals surface area contributed by atoms with E-state index in [0.29, 0.717) is 4.48 Å². The van der Waals surface area contributed by atoms with Gasteiger partial charge in [-0.25, -0.2) is 0 Å². The van der Waals surface area contributed by atoms with Crippen molar-refractivity contribution in [2.45, 2.75) is 57.9 Å². The lowest BCUT2D eigenvalue weighted by Crippen LogP contribution is -2.50. The van der Waals surface area contributed by atoms with Crippen LogP contribution in [0.4, 0.5) is 0 Å². The summed E-state index contributed by atoms with van der Waals surface area (Å²) in [7, 11) is 0. The Morgan fingerprint density at radius 3 is 2.35 bits per heavy atom. The zero-order valence-corrected chi connectivity index (χ0v) is 13.3. The third-order valence-corrected chi connectivity index (χ3v) is 3.69. The number of rotatable bonds is 2. The predicted octanol–water partition coefficient (Wildman–Crippen LogP) is 1.66. The van der Waals surface area contributed by atoms with Gasteiger partial charge >= 0.3 is 11.9 Å². The van der Waals surface area contributed by atoms with Crippen LogP contribution in [0.25, 0.3) is 0 Å². The molecule has 0 bridgehead atoms. The molecule has 0 aromatic carbocycles. The third-order valence-electron chi connectivity index (χ3n) is 2.98. The van der Waals surface area contributed by atoms with Gasteiger partial charge in [-0.2, -0.15) is 0 Å². The topological polar surface area (TPSA) is 71.1 Å². The maximum Gasteiger partial charge on any atom is 0.303 e. The van der Waals surface area contributed by atoms with Crippen LogP contribution in [0.3, 0.4) is 0 Å². The van der Waals surface area contributed by atoms with Gasteiger partial charge in [-0.05, 0) is 19.9 Å². The number of halogens is 1. The Hall–Kier alpha value is -0.920. The van der Waals surface area contributed by atoms with Crippen LogP contribution < -0.4 is 0 Å². The van der Waals surface area contributed by atoms with Gasteiger partial charge in [0.25, 0.3) is 0 Å². The quantitative estimate of drug-likeness (QED) is 0.707. The van der Waals surface area contributed by atoms with Crippen LogP contribution in [-0.2, 0) is 28.5 Å². The first-order chi connectivity index (χ1) is 9.19. The number of carbonyl (C=O) groups is 2. The van der Waals surface area contributed by atoms with Gasteiger partial charge in [0.2, 0.25) is 0 Å². The molecule has 1 saturated heterocycles. The summed E-state index contributed by atoms with van der Waals surface area (Å²) in [5, 5.41) is 0. The van der Waals surface area contributed by atoms with Crippen molar-refractivity contribution >= 4 is 27.9 Å². The van der Waals surface area contributed by atoms with E-state index in [1.165, 1.54) is 13.8 Å². The van der Waals surface area contributed by atoms with E-state index in [4.69, 9.17) is 18.9 Å². The predicted molar refractivity (Wildman–Crippen MR) is 71.9 cm³/mol. The van der Waals surface area contributed by atoms with Crippen molar-refractivity contribution in [3.8, 4) is 0 Å². The van der Waals surface area contributed by atoms with Crippen molar-refractivity contribution in [3.63, 3.8) is 0 Å². The van der Waals surface area contributed by atoms with Gasteiger partial charge in [0, 0.05) is 18.3 Å². The SMILES string of the molecule is CC(=O)O[C@H]1[C@@H]2OC(C)(C)O[C@@H]2C(Br)=C[C@@H]1OC(C)=O. The summed E-state index contributed by atoms with van der Waals surface area (Å²) in [5.74, 6) is -1.72. The van der Waals surface area contributed by atoms with Crippen LogP contribution >= 0.6 is 15.9 Å². The van der Waals surface area contributed by atoms with E-state index in [9.17, 15) is 9.59 Å². The summed E-state index contributed by atoms with van der Waals surface area (Å²) in [6.07, 6.45) is -0.686. The Morgan fingerprint density at radius 2 is 1.80 bits per heavy atom. The number of fused-ring (bicyclic) bond motifs is 1. The van der Waals surface area contributed by atoms with Crippen LogP contribution in [0, 0.1) is 0 Å². The summed E-state index contributed by atoms with van der Waals surface area (Å²) in [5.41, 5.74) is 0. The molecule has 0 aromatic heterocycles. The summed E-state index contributed by atoms with van der Waals surface area (Å²) < 4.78 is 22.7. The fourth-order valence-electron chi connectivity index (χ4n) is 2.39. The molecule has 2 aliphatic rings. The summed E-state index contributed by atoms with van der Waals surface area (Å²) >= 11 is 3.40. The van der Waals surface area contributed by atoms with Crippen molar-refractivity contribution in [2.75, 3.05) is 0 Å². The molecule has 0 aromatic rings. The van der Waals surface area contributed by atoms with Gasteiger partial charge in [0.15, 0.2) is 18.0 Å². The second kappa shape index (κ2) is 5.46. The molecular formula is C13H17BrO6. The second-order valence-electron chi connectivity index (χ2n) is 5.22. The maximum atomic E-state index is 11.3. The molecule has 20 heavy (non-hydrogen) atoms. The summed E-state index contributed by atoms with van der Waals surface area (Å²) in [6.45, 7) is 6.15. The molecule has 0 amide bonds. The minimum absolute atomic E-state index is 0.388. The number of hydrogen-bond acceptors (Lipinski definition) is 6. The Balaban J connectivity index is 2.30. The van der Waals surface area contributed by atoms with Gasteiger partial charge < -0.3 is 18.9 Å². The molecule has 7 heteroatoms. The zero-order valence-electron chi connectivity index (χ0n) is 11.7. The lowest BCUT2D eigenvalue weighted by atomic mass is 9.96. The highest BCUT2D eigenvalue weighted by molar-refractivity contribution is 9.11. The first kappa shape index (κ1) is 15.5. The van der Waals surface area contributed by atoms with Crippen molar-refractivity contribution in [2.24, 2.45) is 0 Å². The molecule has 1 aliphatic heterocycles. The molecule has 1 fully saturated rings. The van der Waals surface area contributed by atoms with Gasteiger partial charge in [-0.1, -0.05) is 15.9 Å². The van der Waals surface area contributed by atoms with Crippen molar-refractivity contribution < 1.29 is 28.5 Å². The molecule has 4 atom stereocenters. The van der Waals surface area contributed by atoms with Crippen molar-refractivity contribution in [1.29, 1.82) is 0 Å². The third kappa shape index (κ3) is 3.21. The highest BCUT2D eigenvalue weighted by atomic mass is 79.9. The molecular weight excluding hydrogens is 332 g/mol. The van der Waals surface area contributed by atoms with E-state index in [0.717, 1.165) is 0 Å². The van der Waals surface area contributed by atoms with Crippen molar-refractivity contribution in [3.05, 3.63) is 10.6 Å². The van der Waals surface area contributed by atoms with Crippen LogP contribution in [0.15, 0.2) is 10.6 Å². The Morgan fingerprint density at radius 1 is 1.20 bits per heavy atom. The van der Waals surface area contributed by atoms with Gasteiger partial charge in [0.1, 0.15) is 12.2 Å². The molecule has 0 N–H and O–H groups in total. The zero-order chi connectivity index (χ0) is 15.1. The van der Waals surface area contributed by atoms with E-state index in [2.05, 4.69) is 15.9 Å². The summed E-state index contributed by atoms with van der Waals surface area (Å²) in [4.78, 5) is 22.5. The molecule has 0 radical (unpaired) electrons. The maximum absolute atomic E-state index is 11.3. The lowest BCUT2D eigenvalue weighted by molar-refractivity contribution is -0.183. The first-order valence-electron chi connectivity index (χ1n) is 6.27. The molecule has 1 aliphatic carbocycles. The Bertz CT molecular complexity index is 458. The lowest BCUT2D eigenvalue weighted by Gasteiger charge is -2.34. The van der Waals surface area contributed by atoms with E-state index in [-0.39, 0.29) is 6.10 Å². The number of esters is 2. The number of ether oxygens (including phenoxy) is 4. The van der Waals surface area contributed by atoms with E-state index in [1.807, 2.05) is 0 Å². The minimum atomic E-state index is -0.800. The minimum Gasteiger partial charge on any atom is -0.455 e. The van der Waals surface area contributed by atoms with Crippen LogP contribution in [0.2, 0.25) is 0 Å². The standard InChI is InChI=1S/C13H17BrO6/c1-6(15)17-9-5-8(14)10-12(11(9)18-7(2)16)20-13(3,4)19-10/h5,9-12H,1-4H3/t9-,10+,11+,12+/m0/s1. The smallest absolute Gasteiger partial charge is 0.303 e. The normalized spacial score (nSPS) is 35.0. The van der Waals surface area contributed by atoms with Gasteiger partial charge in [-0.3, -0.25) is 9.59 Å². The van der Waals surface area contributed by atoms with Crippen LogP contribution in [0.1, 0.15) is 27.7 Å². The molecule has 0 spiro atoms. The first-order valence-corrected chi connectivity index (χ1v) is 7.06. The highest BCUT2D eigenvalue weighted by Gasteiger charge is 2.53. The second-order valence-corrected chi connectivity index (χ2v) is 6.14. The van der Waals surface area contributed by atoms with Crippen LogP contribution in [-0.4, -0.2) is 42.1 Å². The number of hydrogen-bond donors (Lipinski definition) is 0. The van der Waals surface area contributed by atoms with Crippen molar-refractivity contribution in [1.82, 2.24) is 0 Å². The van der Waals surface area contributed by atoms with Crippen LogP contribution in [0.5, 0.6) is 0 Å². The molecule has 112 valence electrons. The average Bonchev–Trinajstić information content (AvgIpc) is 2.59. The fourth-order valence-corrected chi connectivity index (χ4v) is 3.01. The number of carbonyl (C=O) groups excluding carboxylic acids is 2. The molecule has 2 rings (SSSR count). The molecule has 6 nitrogen and oxygen atoms in total. The molecule has 0 unspecified atom stereocenters. The van der Waals surface area contributed by atoms with Gasteiger partial charge in [-0.15, -0.1) is 0 Å². The fraction of sp³-hybridized carbons (Fsp3) is 0.692. The highest BCUT2D eigenvalue weighted by Crippen LogP contribution is 2.41. The monoisotopic (exact) mass is 348 g/mol. The molecule has 1 heterocycles. The van der Waals surface area contributed by atoms with E-state index in [1.54, 1.807) is 19.9 Å². The Labute approximate surface area is 125 Å². The van der Waals surface area contributed by atoms with E-state index >= 15 is 0 Å². The Kier molecular flexibility index (Phi) is 4.22. The van der Waals surface area contributed by atoms with E-state index < -0.39 is 36.0 Å². The van der Waals surface area contributed by atoms with Gasteiger partial charge in [0.05, 0.1) is 0 Å². The molecule has 0 saturated carbocycles. The average molecular weight is 349 g/mol. The largest absolute Gasteiger partial charge is 0.455 e.